The van der Waals surface area contributed by atoms with Crippen molar-refractivity contribution in [1.29, 1.82) is 0 Å². The maximum atomic E-state index is 11.7. The third-order valence-electron chi connectivity index (χ3n) is 3.84. The van der Waals surface area contributed by atoms with Crippen molar-refractivity contribution in [3.8, 4) is 23.0 Å². The Bertz CT molecular complexity index is 675. The van der Waals surface area contributed by atoms with Crippen molar-refractivity contribution in [3.05, 3.63) is 11.6 Å². The number of hydrazine groups is 1. The summed E-state index contributed by atoms with van der Waals surface area (Å²) in [5, 5.41) is 3.83. The molecule has 0 spiro atoms. The third kappa shape index (κ3) is 2.29. The van der Waals surface area contributed by atoms with Crippen LogP contribution in [-0.4, -0.2) is 32.6 Å². The third-order valence-corrected chi connectivity index (χ3v) is 3.84. The summed E-state index contributed by atoms with van der Waals surface area (Å²) >= 11 is 0. The summed E-state index contributed by atoms with van der Waals surface area (Å²) in [6, 6.07) is 1.73. The summed E-state index contributed by atoms with van der Waals surface area (Å²) in [6.07, 6.45) is -0.541. The number of rotatable bonds is 4. The van der Waals surface area contributed by atoms with Gasteiger partial charge in [0.1, 0.15) is 0 Å². The van der Waals surface area contributed by atoms with Gasteiger partial charge < -0.3 is 23.8 Å². The molecule has 2 unspecified atom stereocenters. The van der Waals surface area contributed by atoms with Gasteiger partial charge in [0.05, 0.1) is 20.1 Å². The van der Waals surface area contributed by atoms with Crippen LogP contribution in [0.3, 0.4) is 0 Å². The van der Waals surface area contributed by atoms with E-state index >= 15 is 0 Å². The van der Waals surface area contributed by atoms with Crippen molar-refractivity contribution in [2.24, 2.45) is 16.9 Å². The monoisotopic (exact) mass is 323 g/mol. The summed E-state index contributed by atoms with van der Waals surface area (Å²) in [7, 11) is 3.04. The fourth-order valence-corrected chi connectivity index (χ4v) is 2.69. The zero-order valence-electron chi connectivity index (χ0n) is 12.9. The van der Waals surface area contributed by atoms with Crippen LogP contribution in [0.15, 0.2) is 11.2 Å². The Balaban J connectivity index is 2.03. The van der Waals surface area contributed by atoms with E-state index in [1.54, 1.807) is 6.07 Å². The number of hydrogen-bond acceptors (Lipinski definition) is 8. The number of ether oxygens (including phenoxy) is 4. The number of hydrogen-bond donors (Lipinski definition) is 2. The minimum atomic E-state index is -0.541. The molecule has 1 aromatic rings. The van der Waals surface area contributed by atoms with Crippen LogP contribution in [0.1, 0.15) is 18.6 Å². The number of carbonyl (C=O) groups excluding carboxylic acids is 1. The van der Waals surface area contributed by atoms with Gasteiger partial charge in [-0.3, -0.25) is 10.2 Å². The number of nitrogens with one attached hydrogen (secondary N) is 1. The molecule has 1 aromatic carbocycles. The van der Waals surface area contributed by atoms with Gasteiger partial charge in [0.25, 0.3) is 5.91 Å². The van der Waals surface area contributed by atoms with Crippen LogP contribution in [0.4, 0.5) is 0 Å². The van der Waals surface area contributed by atoms with Crippen molar-refractivity contribution in [2.75, 3.05) is 21.0 Å². The molecule has 124 valence electrons. The number of benzene rings is 1. The maximum absolute atomic E-state index is 11.7. The molecule has 0 aromatic heterocycles. The molecule has 9 heteroatoms. The Kier molecular flexibility index (Phi) is 3.87. The second kappa shape index (κ2) is 5.84. The second-order valence-electron chi connectivity index (χ2n) is 5.03. The molecule has 2 heterocycles. The van der Waals surface area contributed by atoms with Gasteiger partial charge in [0.15, 0.2) is 23.3 Å². The van der Waals surface area contributed by atoms with Crippen LogP contribution in [0.5, 0.6) is 23.0 Å². The van der Waals surface area contributed by atoms with Crippen molar-refractivity contribution in [3.63, 3.8) is 0 Å². The van der Waals surface area contributed by atoms with Crippen molar-refractivity contribution in [1.82, 2.24) is 5.43 Å². The van der Waals surface area contributed by atoms with Crippen molar-refractivity contribution < 1.29 is 28.6 Å². The van der Waals surface area contributed by atoms with E-state index in [2.05, 4.69) is 10.6 Å². The Morgan fingerprint density at radius 2 is 2.09 bits per heavy atom. The van der Waals surface area contributed by atoms with E-state index in [4.69, 9.17) is 29.6 Å². The van der Waals surface area contributed by atoms with Gasteiger partial charge in [-0.2, -0.15) is 0 Å². The van der Waals surface area contributed by atoms with Crippen LogP contribution in [-0.2, 0) is 9.63 Å². The molecule has 2 aliphatic rings. The van der Waals surface area contributed by atoms with E-state index in [-0.39, 0.29) is 18.4 Å². The van der Waals surface area contributed by atoms with Crippen LogP contribution >= 0.6 is 0 Å². The van der Waals surface area contributed by atoms with E-state index in [0.29, 0.717) is 28.6 Å². The van der Waals surface area contributed by atoms with Gasteiger partial charge in [-0.15, -0.1) is 0 Å². The molecule has 9 nitrogen and oxygen atoms in total. The highest BCUT2D eigenvalue weighted by Crippen LogP contribution is 2.52. The molecule has 3 rings (SSSR count). The average molecular weight is 323 g/mol. The van der Waals surface area contributed by atoms with Gasteiger partial charge in [0.2, 0.25) is 18.3 Å². The van der Waals surface area contributed by atoms with Gasteiger partial charge in [-0.25, -0.2) is 5.84 Å². The lowest BCUT2D eigenvalue weighted by molar-refractivity contribution is -0.115. The zero-order chi connectivity index (χ0) is 16.6. The highest BCUT2D eigenvalue weighted by atomic mass is 16.7. The molecular weight excluding hydrogens is 306 g/mol. The van der Waals surface area contributed by atoms with Gasteiger partial charge in [0, 0.05) is 5.56 Å². The largest absolute Gasteiger partial charge is 0.493 e. The fraction of sp³-hybridized carbons (Fsp3) is 0.429. The Morgan fingerprint density at radius 3 is 2.74 bits per heavy atom. The standard InChI is InChI=1S/C14H17N3O6/c1-6-9(14(18)16-15)17-23-10(6)7-4-8(19-2)12-13(11(7)20-3)22-5-21-12/h4,6,10H,5,15H2,1-3H3,(H,16,18). The van der Waals surface area contributed by atoms with Crippen LogP contribution < -0.4 is 30.2 Å². The lowest BCUT2D eigenvalue weighted by Crippen LogP contribution is -2.38. The number of nitrogens with zero attached hydrogens (tertiary/aromatic N) is 1. The van der Waals surface area contributed by atoms with E-state index in [1.165, 1.54) is 14.2 Å². The molecule has 0 fully saturated rings. The summed E-state index contributed by atoms with van der Waals surface area (Å²) in [5.41, 5.74) is 2.90. The Hall–Kier alpha value is -2.68. The van der Waals surface area contributed by atoms with Crippen LogP contribution in [0.25, 0.3) is 0 Å². The molecule has 0 aliphatic carbocycles. The molecule has 2 aliphatic heterocycles. The number of methoxy groups -OCH3 is 2. The summed E-state index contributed by atoms with van der Waals surface area (Å²) < 4.78 is 21.7. The SMILES string of the molecule is COc1cc(C2ON=C(C(=O)NN)C2C)c(OC)c2c1OCO2. The lowest BCUT2D eigenvalue weighted by atomic mass is 9.92. The van der Waals surface area contributed by atoms with Gasteiger partial charge in [-0.05, 0) is 6.07 Å². The summed E-state index contributed by atoms with van der Waals surface area (Å²) in [6.45, 7) is 1.88. The summed E-state index contributed by atoms with van der Waals surface area (Å²) in [4.78, 5) is 17.1. The Morgan fingerprint density at radius 1 is 1.35 bits per heavy atom. The predicted molar refractivity (Wildman–Crippen MR) is 78.4 cm³/mol. The minimum absolute atomic E-state index is 0.0733. The predicted octanol–water partition coefficient (Wildman–Crippen LogP) is 0.486. The number of nitrogens with two attached hydrogens (primary N) is 1. The molecule has 0 radical (unpaired) electrons. The molecule has 0 bridgehead atoms. The number of fused-ring (bicyclic) bond motifs is 1. The molecule has 23 heavy (non-hydrogen) atoms. The molecular formula is C14H17N3O6. The first kappa shape index (κ1) is 15.2. The van der Waals surface area contributed by atoms with E-state index in [9.17, 15) is 4.79 Å². The zero-order valence-corrected chi connectivity index (χ0v) is 12.9. The molecule has 3 N–H and O–H groups in total. The highest BCUT2D eigenvalue weighted by Gasteiger charge is 2.40. The van der Waals surface area contributed by atoms with E-state index < -0.39 is 12.0 Å². The highest BCUT2D eigenvalue weighted by molar-refractivity contribution is 6.39. The van der Waals surface area contributed by atoms with Crippen LogP contribution in [0, 0.1) is 5.92 Å². The lowest BCUT2D eigenvalue weighted by Gasteiger charge is -2.19. The first-order valence-corrected chi connectivity index (χ1v) is 6.91. The first-order valence-electron chi connectivity index (χ1n) is 6.91. The molecule has 0 saturated carbocycles. The van der Waals surface area contributed by atoms with E-state index in [0.717, 1.165) is 0 Å². The summed E-state index contributed by atoms with van der Waals surface area (Å²) in [5.74, 6) is 6.18. The Labute approximate surface area is 132 Å². The van der Waals surface area contributed by atoms with Crippen molar-refractivity contribution in [2.45, 2.75) is 13.0 Å². The number of oxime groups is 1. The quantitative estimate of drug-likeness (QED) is 0.471. The van der Waals surface area contributed by atoms with Gasteiger partial charge >= 0.3 is 0 Å². The first-order chi connectivity index (χ1) is 11.1. The molecule has 1 amide bonds. The van der Waals surface area contributed by atoms with Crippen LogP contribution in [0.2, 0.25) is 0 Å². The second-order valence-corrected chi connectivity index (χ2v) is 5.03. The fourth-order valence-electron chi connectivity index (χ4n) is 2.69. The van der Waals surface area contributed by atoms with Crippen molar-refractivity contribution >= 4 is 11.6 Å². The molecule has 0 saturated heterocycles. The topological polar surface area (TPSA) is 114 Å². The number of amides is 1. The maximum Gasteiger partial charge on any atom is 0.283 e. The van der Waals surface area contributed by atoms with E-state index in [1.807, 2.05) is 6.92 Å². The normalized spacial score (nSPS) is 21.5. The number of carbonyl (C=O) groups is 1. The van der Waals surface area contributed by atoms with Gasteiger partial charge in [-0.1, -0.05) is 12.1 Å². The minimum Gasteiger partial charge on any atom is -0.493 e. The smallest absolute Gasteiger partial charge is 0.283 e. The molecule has 2 atom stereocenters. The average Bonchev–Trinajstić information content (AvgIpc) is 3.19.